The topological polar surface area (TPSA) is 43.1 Å². The van der Waals surface area contributed by atoms with E-state index in [2.05, 4.69) is 6.07 Å². The lowest BCUT2D eigenvalue weighted by molar-refractivity contribution is -0.384. The highest BCUT2D eigenvalue weighted by molar-refractivity contribution is 6.30. The molecule has 2 rings (SSSR count). The Morgan fingerprint density at radius 3 is 2.38 bits per heavy atom. The standard InChI is InChI=1S/C12H7ClNO2/c13-11-3-1-2-10(8-11)9-4-6-12(7-5-9)14(15)16/h1-2,4-8H. The highest BCUT2D eigenvalue weighted by Gasteiger charge is 2.05. The first-order valence-corrected chi connectivity index (χ1v) is 4.97. The fraction of sp³-hybridized carbons (Fsp3) is 0. The van der Waals surface area contributed by atoms with Gasteiger partial charge in [0.15, 0.2) is 0 Å². The first kappa shape index (κ1) is 10.6. The van der Waals surface area contributed by atoms with Gasteiger partial charge in [-0.15, -0.1) is 0 Å². The van der Waals surface area contributed by atoms with Crippen LogP contribution < -0.4 is 0 Å². The molecule has 2 aromatic carbocycles. The maximum atomic E-state index is 10.5. The summed E-state index contributed by atoms with van der Waals surface area (Å²) in [7, 11) is 0. The summed E-state index contributed by atoms with van der Waals surface area (Å²) in [6, 6.07) is 14.5. The fourth-order valence-electron chi connectivity index (χ4n) is 1.39. The van der Waals surface area contributed by atoms with Gasteiger partial charge in [0.05, 0.1) is 4.92 Å². The second kappa shape index (κ2) is 4.33. The largest absolute Gasteiger partial charge is 0.269 e. The molecule has 0 unspecified atom stereocenters. The minimum atomic E-state index is -0.421. The Hall–Kier alpha value is -1.87. The Morgan fingerprint density at radius 1 is 1.12 bits per heavy atom. The third kappa shape index (κ3) is 2.20. The Balaban J connectivity index is 2.38. The second-order valence-electron chi connectivity index (χ2n) is 3.23. The van der Waals surface area contributed by atoms with E-state index in [1.807, 2.05) is 6.07 Å². The van der Waals surface area contributed by atoms with Crippen molar-refractivity contribution in [3.63, 3.8) is 0 Å². The summed E-state index contributed by atoms with van der Waals surface area (Å²) in [4.78, 5) is 10.1. The molecule has 0 N–H and O–H groups in total. The van der Waals surface area contributed by atoms with Gasteiger partial charge in [-0.3, -0.25) is 10.1 Å². The average molecular weight is 233 g/mol. The molecule has 0 aromatic heterocycles. The Morgan fingerprint density at radius 2 is 1.81 bits per heavy atom. The van der Waals surface area contributed by atoms with E-state index in [-0.39, 0.29) is 5.69 Å². The Labute approximate surface area is 97.4 Å². The monoisotopic (exact) mass is 232 g/mol. The van der Waals surface area contributed by atoms with Crippen LogP contribution in [0.3, 0.4) is 0 Å². The fourth-order valence-corrected chi connectivity index (χ4v) is 1.57. The first-order valence-electron chi connectivity index (χ1n) is 4.59. The van der Waals surface area contributed by atoms with Crippen molar-refractivity contribution in [2.45, 2.75) is 0 Å². The van der Waals surface area contributed by atoms with Crippen LogP contribution in [0.25, 0.3) is 11.1 Å². The van der Waals surface area contributed by atoms with Crippen LogP contribution >= 0.6 is 11.6 Å². The summed E-state index contributed by atoms with van der Waals surface area (Å²) in [5.41, 5.74) is 1.89. The number of nitro groups is 1. The van der Waals surface area contributed by atoms with E-state index in [9.17, 15) is 10.1 Å². The molecule has 79 valence electrons. The number of hydrogen-bond acceptors (Lipinski definition) is 2. The second-order valence-corrected chi connectivity index (χ2v) is 3.64. The van der Waals surface area contributed by atoms with Gasteiger partial charge < -0.3 is 0 Å². The maximum Gasteiger partial charge on any atom is 0.269 e. The van der Waals surface area contributed by atoms with Crippen molar-refractivity contribution in [3.8, 4) is 11.1 Å². The van der Waals surface area contributed by atoms with Gasteiger partial charge in [-0.2, -0.15) is 0 Å². The minimum Gasteiger partial charge on any atom is -0.258 e. The van der Waals surface area contributed by atoms with Crippen molar-refractivity contribution in [3.05, 3.63) is 63.7 Å². The molecule has 0 fully saturated rings. The molecule has 0 saturated heterocycles. The third-order valence-electron chi connectivity index (χ3n) is 2.18. The van der Waals surface area contributed by atoms with Crippen molar-refractivity contribution in [2.24, 2.45) is 0 Å². The molecule has 0 saturated carbocycles. The average Bonchev–Trinajstić information content (AvgIpc) is 2.29. The highest BCUT2D eigenvalue weighted by atomic mass is 35.5. The molecule has 0 amide bonds. The molecule has 3 nitrogen and oxygen atoms in total. The van der Waals surface area contributed by atoms with E-state index in [4.69, 9.17) is 11.6 Å². The van der Waals surface area contributed by atoms with Crippen molar-refractivity contribution < 1.29 is 4.92 Å². The number of rotatable bonds is 2. The number of halogens is 1. The zero-order valence-electron chi connectivity index (χ0n) is 8.18. The van der Waals surface area contributed by atoms with Crippen LogP contribution in [0.2, 0.25) is 5.02 Å². The molecule has 0 bridgehead atoms. The number of benzene rings is 2. The molecular weight excluding hydrogens is 226 g/mol. The summed E-state index contributed by atoms with van der Waals surface area (Å²) in [6.45, 7) is 0. The maximum absolute atomic E-state index is 10.5. The predicted molar refractivity (Wildman–Crippen MR) is 62.4 cm³/mol. The predicted octanol–water partition coefficient (Wildman–Crippen LogP) is 3.72. The molecule has 0 heterocycles. The minimum absolute atomic E-state index is 0.0809. The zero-order chi connectivity index (χ0) is 11.5. The molecule has 2 aromatic rings. The summed E-state index contributed by atoms with van der Waals surface area (Å²) < 4.78 is 0. The molecular formula is C12H7ClNO2. The molecule has 0 aliphatic rings. The summed E-state index contributed by atoms with van der Waals surface area (Å²) in [5.74, 6) is 0. The van der Waals surface area contributed by atoms with E-state index in [0.717, 1.165) is 11.1 Å². The number of hydrogen-bond donors (Lipinski definition) is 0. The quantitative estimate of drug-likeness (QED) is 0.585. The summed E-state index contributed by atoms with van der Waals surface area (Å²) >= 11 is 5.81. The Bertz CT molecular complexity index is 523. The lowest BCUT2D eigenvalue weighted by Gasteiger charge is -2.01. The molecule has 4 heteroatoms. The molecule has 1 radical (unpaired) electrons. The van der Waals surface area contributed by atoms with Crippen molar-refractivity contribution in [1.29, 1.82) is 0 Å². The van der Waals surface area contributed by atoms with Crippen LogP contribution in [0.1, 0.15) is 0 Å². The molecule has 16 heavy (non-hydrogen) atoms. The van der Waals surface area contributed by atoms with Crippen molar-refractivity contribution in [1.82, 2.24) is 0 Å². The highest BCUT2D eigenvalue weighted by Crippen LogP contribution is 2.24. The van der Waals surface area contributed by atoms with Crippen LogP contribution in [0.5, 0.6) is 0 Å². The zero-order valence-corrected chi connectivity index (χ0v) is 8.94. The summed E-state index contributed by atoms with van der Waals surface area (Å²) in [5, 5.41) is 11.0. The normalized spacial score (nSPS) is 10.1. The van der Waals surface area contributed by atoms with Gasteiger partial charge >= 0.3 is 0 Å². The third-order valence-corrected chi connectivity index (χ3v) is 2.40. The Kier molecular flexibility index (Phi) is 2.88. The van der Waals surface area contributed by atoms with Gasteiger partial charge in [0.2, 0.25) is 0 Å². The van der Waals surface area contributed by atoms with Crippen LogP contribution in [-0.2, 0) is 0 Å². The first-order chi connectivity index (χ1) is 7.66. The smallest absolute Gasteiger partial charge is 0.258 e. The van der Waals surface area contributed by atoms with E-state index >= 15 is 0 Å². The van der Waals surface area contributed by atoms with Crippen molar-refractivity contribution >= 4 is 17.3 Å². The molecule has 0 spiro atoms. The van der Waals surface area contributed by atoms with E-state index < -0.39 is 4.92 Å². The van der Waals surface area contributed by atoms with E-state index in [1.54, 1.807) is 24.3 Å². The van der Waals surface area contributed by atoms with Gasteiger partial charge in [-0.05, 0) is 29.3 Å². The SMILES string of the molecule is O=[N+]([O-])c1ccc(-c2cc[c]c(Cl)c2)cc1. The van der Waals surface area contributed by atoms with Crippen LogP contribution in [-0.4, -0.2) is 4.92 Å². The van der Waals surface area contributed by atoms with Gasteiger partial charge in [0.25, 0.3) is 5.69 Å². The molecule has 0 aliphatic heterocycles. The summed E-state index contributed by atoms with van der Waals surface area (Å²) in [6.07, 6.45) is 0. The van der Waals surface area contributed by atoms with Gasteiger partial charge in [-0.1, -0.05) is 23.7 Å². The van der Waals surface area contributed by atoms with Crippen LogP contribution in [0.15, 0.2) is 42.5 Å². The lowest BCUT2D eigenvalue weighted by Crippen LogP contribution is -1.87. The lowest BCUT2D eigenvalue weighted by atomic mass is 10.1. The van der Waals surface area contributed by atoms with Crippen LogP contribution in [0.4, 0.5) is 5.69 Å². The number of non-ortho nitro benzene ring substituents is 1. The van der Waals surface area contributed by atoms with Crippen molar-refractivity contribution in [2.75, 3.05) is 0 Å². The number of nitro benzene ring substituents is 1. The van der Waals surface area contributed by atoms with Gasteiger partial charge in [0.1, 0.15) is 0 Å². The molecule has 0 atom stereocenters. The van der Waals surface area contributed by atoms with E-state index in [1.165, 1.54) is 12.1 Å². The van der Waals surface area contributed by atoms with E-state index in [0.29, 0.717) is 5.02 Å². The van der Waals surface area contributed by atoms with Gasteiger partial charge in [0, 0.05) is 23.2 Å². The number of nitrogens with zero attached hydrogens (tertiary/aromatic N) is 1. The van der Waals surface area contributed by atoms with Crippen LogP contribution in [0, 0.1) is 16.2 Å². The van der Waals surface area contributed by atoms with Gasteiger partial charge in [-0.25, -0.2) is 0 Å². The molecule has 0 aliphatic carbocycles.